The molecule has 1 aliphatic rings. The van der Waals surface area contributed by atoms with Crippen LogP contribution in [0.4, 0.5) is 0 Å². The smallest absolute Gasteiger partial charge is 0.371 e. The standard InChI is InChI=1S/C13H19NO5S/c15-13(16)11-7-8-12(19-11)20(17,18)14-9-3-6-10-4-1-2-5-10/h7-8,10,14H,1-6,9H2,(H,15,16). The van der Waals surface area contributed by atoms with Gasteiger partial charge in [0, 0.05) is 6.54 Å². The maximum absolute atomic E-state index is 11.9. The van der Waals surface area contributed by atoms with Crippen molar-refractivity contribution in [3.63, 3.8) is 0 Å². The fraction of sp³-hybridized carbons (Fsp3) is 0.615. The van der Waals surface area contributed by atoms with Crippen molar-refractivity contribution in [1.82, 2.24) is 4.72 Å². The van der Waals surface area contributed by atoms with Crippen LogP contribution in [0.25, 0.3) is 0 Å². The van der Waals surface area contributed by atoms with Gasteiger partial charge in [0.05, 0.1) is 0 Å². The molecule has 0 radical (unpaired) electrons. The lowest BCUT2D eigenvalue weighted by Gasteiger charge is -2.08. The van der Waals surface area contributed by atoms with Crippen molar-refractivity contribution in [3.8, 4) is 0 Å². The van der Waals surface area contributed by atoms with E-state index in [-0.39, 0.29) is 10.9 Å². The summed E-state index contributed by atoms with van der Waals surface area (Å²) in [6, 6.07) is 2.29. The zero-order valence-corrected chi connectivity index (χ0v) is 12.0. The van der Waals surface area contributed by atoms with Crippen LogP contribution >= 0.6 is 0 Å². The molecule has 1 aliphatic carbocycles. The molecule has 20 heavy (non-hydrogen) atoms. The summed E-state index contributed by atoms with van der Waals surface area (Å²) in [5.41, 5.74) is 0. The molecule has 0 atom stereocenters. The van der Waals surface area contributed by atoms with Crippen molar-refractivity contribution < 1.29 is 22.7 Å². The lowest BCUT2D eigenvalue weighted by atomic mass is 10.0. The third kappa shape index (κ3) is 3.83. The van der Waals surface area contributed by atoms with Crippen molar-refractivity contribution in [2.24, 2.45) is 5.92 Å². The van der Waals surface area contributed by atoms with Crippen molar-refractivity contribution >= 4 is 16.0 Å². The molecule has 0 aliphatic heterocycles. The normalized spacial score (nSPS) is 16.6. The van der Waals surface area contributed by atoms with Crippen LogP contribution in [-0.4, -0.2) is 26.0 Å². The molecule has 0 aromatic carbocycles. The van der Waals surface area contributed by atoms with Crippen LogP contribution in [0, 0.1) is 5.92 Å². The van der Waals surface area contributed by atoms with Crippen LogP contribution < -0.4 is 4.72 Å². The van der Waals surface area contributed by atoms with Gasteiger partial charge in [-0.1, -0.05) is 25.7 Å². The number of carbonyl (C=O) groups is 1. The summed E-state index contributed by atoms with van der Waals surface area (Å²) in [4.78, 5) is 10.6. The van der Waals surface area contributed by atoms with Gasteiger partial charge in [-0.15, -0.1) is 0 Å². The Morgan fingerprint density at radius 3 is 2.65 bits per heavy atom. The van der Waals surface area contributed by atoms with Crippen molar-refractivity contribution in [2.45, 2.75) is 43.6 Å². The van der Waals surface area contributed by atoms with Crippen LogP contribution in [0.3, 0.4) is 0 Å². The molecular formula is C13H19NO5S. The van der Waals surface area contributed by atoms with Crippen LogP contribution in [0.15, 0.2) is 21.6 Å². The number of sulfonamides is 1. The van der Waals surface area contributed by atoms with E-state index in [0.717, 1.165) is 30.9 Å². The van der Waals surface area contributed by atoms with Crippen molar-refractivity contribution in [3.05, 3.63) is 17.9 Å². The molecule has 1 heterocycles. The fourth-order valence-corrected chi connectivity index (χ4v) is 3.55. The number of rotatable bonds is 7. The average Bonchev–Trinajstić information content (AvgIpc) is 3.05. The molecule has 1 saturated carbocycles. The summed E-state index contributed by atoms with van der Waals surface area (Å²) in [6.45, 7) is 0.349. The van der Waals surface area contributed by atoms with Gasteiger partial charge < -0.3 is 9.52 Å². The van der Waals surface area contributed by atoms with Gasteiger partial charge in [-0.3, -0.25) is 0 Å². The Hall–Kier alpha value is -1.34. The largest absolute Gasteiger partial charge is 0.475 e. The van der Waals surface area contributed by atoms with Crippen LogP contribution in [0.1, 0.15) is 49.1 Å². The second kappa shape index (κ2) is 6.41. The molecule has 6 nitrogen and oxygen atoms in total. The van der Waals surface area contributed by atoms with E-state index in [9.17, 15) is 13.2 Å². The molecule has 0 amide bonds. The lowest BCUT2D eigenvalue weighted by Crippen LogP contribution is -2.24. The highest BCUT2D eigenvalue weighted by Gasteiger charge is 2.21. The number of aromatic carboxylic acids is 1. The van der Waals surface area contributed by atoms with Gasteiger partial charge >= 0.3 is 5.97 Å². The Labute approximate surface area is 118 Å². The predicted molar refractivity (Wildman–Crippen MR) is 72.0 cm³/mol. The molecule has 1 fully saturated rings. The first kappa shape index (κ1) is 15.1. The third-order valence-electron chi connectivity index (χ3n) is 3.61. The maximum Gasteiger partial charge on any atom is 0.371 e. The summed E-state index contributed by atoms with van der Waals surface area (Å²) < 4.78 is 31.0. The van der Waals surface area contributed by atoms with Crippen LogP contribution in [-0.2, 0) is 10.0 Å². The van der Waals surface area contributed by atoms with E-state index in [4.69, 9.17) is 9.52 Å². The molecule has 0 bridgehead atoms. The van der Waals surface area contributed by atoms with E-state index in [1.54, 1.807) is 0 Å². The summed E-state index contributed by atoms with van der Waals surface area (Å²) in [5, 5.41) is 8.34. The first-order chi connectivity index (χ1) is 9.49. The van der Waals surface area contributed by atoms with Crippen molar-refractivity contribution in [2.75, 3.05) is 6.54 Å². The number of hydrogen-bond acceptors (Lipinski definition) is 4. The number of carboxylic acids is 1. The Balaban J connectivity index is 1.82. The highest BCUT2D eigenvalue weighted by Crippen LogP contribution is 2.28. The molecule has 0 saturated heterocycles. The SMILES string of the molecule is O=C(O)c1ccc(S(=O)(=O)NCCCC2CCCC2)o1. The first-order valence-electron chi connectivity index (χ1n) is 6.82. The molecule has 112 valence electrons. The Morgan fingerprint density at radius 2 is 2.05 bits per heavy atom. The molecule has 0 spiro atoms. The molecule has 2 N–H and O–H groups in total. The van der Waals surface area contributed by atoms with E-state index >= 15 is 0 Å². The zero-order chi connectivity index (χ0) is 14.6. The van der Waals surface area contributed by atoms with E-state index in [1.165, 1.54) is 25.7 Å². The third-order valence-corrected chi connectivity index (χ3v) is 4.95. The first-order valence-corrected chi connectivity index (χ1v) is 8.30. The van der Waals surface area contributed by atoms with Gasteiger partial charge in [0.15, 0.2) is 0 Å². The van der Waals surface area contributed by atoms with Gasteiger partial charge in [0.1, 0.15) is 0 Å². The quantitative estimate of drug-likeness (QED) is 0.753. The minimum atomic E-state index is -3.75. The van der Waals surface area contributed by atoms with Crippen LogP contribution in [0.5, 0.6) is 0 Å². The molecule has 1 aromatic heterocycles. The summed E-state index contributed by atoms with van der Waals surface area (Å²) >= 11 is 0. The van der Waals surface area contributed by atoms with E-state index in [0.29, 0.717) is 6.54 Å². The minimum Gasteiger partial charge on any atom is -0.475 e. The summed E-state index contributed by atoms with van der Waals surface area (Å²) in [7, 11) is -3.75. The molecule has 0 unspecified atom stereocenters. The molecule has 7 heteroatoms. The van der Waals surface area contributed by atoms with E-state index in [1.807, 2.05) is 0 Å². The van der Waals surface area contributed by atoms with Gasteiger partial charge in [-0.2, -0.15) is 0 Å². The fourth-order valence-electron chi connectivity index (χ4n) is 2.55. The minimum absolute atomic E-state index is 0.349. The molecule has 2 rings (SSSR count). The van der Waals surface area contributed by atoms with Gasteiger partial charge in [-0.25, -0.2) is 17.9 Å². The highest BCUT2D eigenvalue weighted by atomic mass is 32.2. The lowest BCUT2D eigenvalue weighted by molar-refractivity contribution is 0.0656. The highest BCUT2D eigenvalue weighted by molar-refractivity contribution is 7.89. The number of furan rings is 1. The second-order valence-electron chi connectivity index (χ2n) is 5.11. The van der Waals surface area contributed by atoms with Gasteiger partial charge in [0.25, 0.3) is 10.0 Å². The second-order valence-corrected chi connectivity index (χ2v) is 6.81. The zero-order valence-electron chi connectivity index (χ0n) is 11.2. The molecule has 1 aromatic rings. The Bertz CT molecular complexity index is 557. The van der Waals surface area contributed by atoms with Gasteiger partial charge in [0.2, 0.25) is 10.9 Å². The van der Waals surface area contributed by atoms with Crippen LogP contribution in [0.2, 0.25) is 0 Å². The Morgan fingerprint density at radius 1 is 1.35 bits per heavy atom. The Kier molecular flexibility index (Phi) is 4.82. The topological polar surface area (TPSA) is 96.6 Å². The number of carboxylic acid groups (broad SMARTS) is 1. The van der Waals surface area contributed by atoms with Gasteiger partial charge in [-0.05, 0) is 30.9 Å². The maximum atomic E-state index is 11.9. The van der Waals surface area contributed by atoms with Crippen molar-refractivity contribution in [1.29, 1.82) is 0 Å². The monoisotopic (exact) mass is 301 g/mol. The molecular weight excluding hydrogens is 282 g/mol. The predicted octanol–water partition coefficient (Wildman–Crippen LogP) is 2.23. The number of hydrogen-bond donors (Lipinski definition) is 2. The summed E-state index contributed by atoms with van der Waals surface area (Å²) in [5.74, 6) is -0.939. The van der Waals surface area contributed by atoms with E-state index < -0.39 is 16.0 Å². The summed E-state index contributed by atoms with van der Waals surface area (Å²) in [6.07, 6.45) is 6.86. The number of nitrogens with one attached hydrogen (secondary N) is 1. The average molecular weight is 301 g/mol. The van der Waals surface area contributed by atoms with E-state index in [2.05, 4.69) is 4.72 Å².